The Morgan fingerprint density at radius 2 is 1.78 bits per heavy atom. The molecule has 0 bridgehead atoms. The lowest BCUT2D eigenvalue weighted by Gasteiger charge is -2.24. The van der Waals surface area contributed by atoms with Crippen LogP contribution >= 0.6 is 0 Å². The zero-order valence-electron chi connectivity index (χ0n) is 14.1. The highest BCUT2D eigenvalue weighted by Crippen LogP contribution is 2.36. The van der Waals surface area contributed by atoms with Gasteiger partial charge in [0, 0.05) is 6.54 Å². The van der Waals surface area contributed by atoms with Gasteiger partial charge in [0.1, 0.15) is 5.60 Å². The Morgan fingerprint density at radius 3 is 2.48 bits per heavy atom. The monoisotopic (exact) mass is 403 g/mol. The summed E-state index contributed by atoms with van der Waals surface area (Å²) in [5.41, 5.74) is -2.35. The van der Waals surface area contributed by atoms with Crippen LogP contribution in [0.4, 0.5) is 13.2 Å². The van der Waals surface area contributed by atoms with Crippen molar-refractivity contribution in [2.75, 3.05) is 13.3 Å². The molecule has 27 heavy (non-hydrogen) atoms. The number of rotatable bonds is 5. The Hall–Kier alpha value is -2.30. The largest absolute Gasteiger partial charge is 0.454 e. The van der Waals surface area contributed by atoms with Crippen molar-refractivity contribution in [1.29, 1.82) is 0 Å². The summed E-state index contributed by atoms with van der Waals surface area (Å²) in [6.45, 7) is 0.966. The SMILES string of the molecule is C[C@](O)(CNS(=O)(=O)c1cccc(C(F)(F)F)c1)c1ccc2c(c1)OCO2. The molecule has 1 aliphatic rings. The van der Waals surface area contributed by atoms with E-state index in [9.17, 15) is 26.7 Å². The van der Waals surface area contributed by atoms with Crippen molar-refractivity contribution < 1.29 is 36.2 Å². The summed E-state index contributed by atoms with van der Waals surface area (Å²) in [5, 5.41) is 10.6. The minimum Gasteiger partial charge on any atom is -0.454 e. The van der Waals surface area contributed by atoms with Gasteiger partial charge in [0.25, 0.3) is 0 Å². The molecule has 3 rings (SSSR count). The van der Waals surface area contributed by atoms with Gasteiger partial charge in [0.15, 0.2) is 11.5 Å². The Morgan fingerprint density at radius 1 is 1.07 bits per heavy atom. The Balaban J connectivity index is 1.78. The van der Waals surface area contributed by atoms with Crippen LogP contribution in [0.25, 0.3) is 0 Å². The van der Waals surface area contributed by atoms with Gasteiger partial charge in [0.05, 0.1) is 10.5 Å². The topological polar surface area (TPSA) is 84.9 Å². The number of hydrogen-bond acceptors (Lipinski definition) is 5. The van der Waals surface area contributed by atoms with Gasteiger partial charge in [-0.15, -0.1) is 0 Å². The van der Waals surface area contributed by atoms with E-state index in [0.29, 0.717) is 23.1 Å². The molecule has 2 aromatic carbocycles. The first-order valence-electron chi connectivity index (χ1n) is 7.78. The van der Waals surface area contributed by atoms with Crippen molar-refractivity contribution >= 4 is 10.0 Å². The van der Waals surface area contributed by atoms with Gasteiger partial charge in [-0.25, -0.2) is 13.1 Å². The summed E-state index contributed by atoms with van der Waals surface area (Å²) >= 11 is 0. The third kappa shape index (κ3) is 4.18. The average Bonchev–Trinajstić information content (AvgIpc) is 3.07. The molecule has 0 radical (unpaired) electrons. The van der Waals surface area contributed by atoms with E-state index < -0.39 is 38.8 Å². The smallest absolute Gasteiger partial charge is 0.416 e. The number of ether oxygens (including phenoxy) is 2. The van der Waals surface area contributed by atoms with Gasteiger partial charge >= 0.3 is 6.18 Å². The van der Waals surface area contributed by atoms with Crippen LogP contribution in [0.3, 0.4) is 0 Å². The van der Waals surface area contributed by atoms with Gasteiger partial charge in [-0.05, 0) is 42.8 Å². The highest BCUT2D eigenvalue weighted by molar-refractivity contribution is 7.89. The molecule has 0 spiro atoms. The van der Waals surface area contributed by atoms with E-state index in [1.165, 1.54) is 13.0 Å². The normalized spacial score (nSPS) is 16.2. The summed E-state index contributed by atoms with van der Waals surface area (Å²) in [4.78, 5) is -0.543. The fourth-order valence-corrected chi connectivity index (χ4v) is 3.67. The lowest BCUT2D eigenvalue weighted by atomic mass is 9.96. The molecule has 10 heteroatoms. The fraction of sp³-hybridized carbons (Fsp3) is 0.294. The van der Waals surface area contributed by atoms with E-state index in [-0.39, 0.29) is 6.79 Å². The van der Waals surface area contributed by atoms with E-state index in [1.54, 1.807) is 12.1 Å². The van der Waals surface area contributed by atoms with Crippen LogP contribution in [0.2, 0.25) is 0 Å². The minimum atomic E-state index is -4.66. The molecule has 0 saturated carbocycles. The van der Waals surface area contributed by atoms with Crippen molar-refractivity contribution in [2.45, 2.75) is 23.6 Å². The van der Waals surface area contributed by atoms with Gasteiger partial charge in [-0.1, -0.05) is 12.1 Å². The summed E-state index contributed by atoms with van der Waals surface area (Å²) in [6, 6.07) is 8.01. The van der Waals surface area contributed by atoms with Crippen LogP contribution in [0.15, 0.2) is 47.4 Å². The summed E-state index contributed by atoms with van der Waals surface area (Å²) < 4.78 is 75.6. The second-order valence-electron chi connectivity index (χ2n) is 6.19. The number of benzene rings is 2. The molecule has 0 amide bonds. The van der Waals surface area contributed by atoms with Crippen LogP contribution < -0.4 is 14.2 Å². The molecule has 0 fully saturated rings. The maximum atomic E-state index is 12.8. The van der Waals surface area contributed by atoms with E-state index >= 15 is 0 Å². The second kappa shape index (κ2) is 6.70. The van der Waals surface area contributed by atoms with Gasteiger partial charge in [0.2, 0.25) is 16.8 Å². The molecular weight excluding hydrogens is 387 g/mol. The molecule has 0 aliphatic carbocycles. The average molecular weight is 403 g/mol. The number of nitrogens with one attached hydrogen (secondary N) is 1. The Kier molecular flexibility index (Phi) is 4.83. The molecule has 1 heterocycles. The standard InChI is InChI=1S/C17H16F3NO5S/c1-16(22,11-5-6-14-15(8-11)26-10-25-14)9-21-27(23,24)13-4-2-3-12(7-13)17(18,19)20/h2-8,21-22H,9-10H2,1H3/t16-/m0/s1. The quantitative estimate of drug-likeness (QED) is 0.802. The first-order valence-corrected chi connectivity index (χ1v) is 9.27. The number of aliphatic hydroxyl groups is 1. The highest BCUT2D eigenvalue weighted by atomic mass is 32.2. The first kappa shape index (κ1) is 19.5. The molecule has 146 valence electrons. The maximum absolute atomic E-state index is 12.8. The highest BCUT2D eigenvalue weighted by Gasteiger charge is 2.32. The van der Waals surface area contributed by atoms with Crippen LogP contribution in [-0.4, -0.2) is 26.9 Å². The summed E-state index contributed by atoms with van der Waals surface area (Å²) in [5.74, 6) is 0.910. The number of halogens is 3. The predicted octanol–water partition coefficient (Wildman–Crippen LogP) is 2.62. The van der Waals surface area contributed by atoms with Crippen LogP contribution in [-0.2, 0) is 21.8 Å². The molecule has 0 unspecified atom stereocenters. The van der Waals surface area contributed by atoms with Gasteiger partial charge < -0.3 is 14.6 Å². The van der Waals surface area contributed by atoms with Crippen molar-refractivity contribution in [3.05, 3.63) is 53.6 Å². The van der Waals surface area contributed by atoms with E-state index in [0.717, 1.165) is 18.2 Å². The predicted molar refractivity (Wildman–Crippen MR) is 88.8 cm³/mol. The van der Waals surface area contributed by atoms with Crippen molar-refractivity contribution in [2.24, 2.45) is 0 Å². The summed E-state index contributed by atoms with van der Waals surface area (Å²) in [6.07, 6.45) is -4.66. The molecule has 0 aromatic heterocycles. The van der Waals surface area contributed by atoms with Gasteiger partial charge in [-0.3, -0.25) is 0 Å². The van der Waals surface area contributed by atoms with E-state index in [2.05, 4.69) is 4.72 Å². The van der Waals surface area contributed by atoms with Crippen molar-refractivity contribution in [3.63, 3.8) is 0 Å². The van der Waals surface area contributed by atoms with E-state index in [4.69, 9.17) is 9.47 Å². The van der Waals surface area contributed by atoms with Crippen molar-refractivity contribution in [3.8, 4) is 11.5 Å². The van der Waals surface area contributed by atoms with E-state index in [1.807, 2.05) is 0 Å². The summed E-state index contributed by atoms with van der Waals surface area (Å²) in [7, 11) is -4.26. The third-order valence-corrected chi connectivity index (χ3v) is 5.47. The number of sulfonamides is 1. The zero-order valence-corrected chi connectivity index (χ0v) is 14.9. The Bertz CT molecular complexity index is 957. The second-order valence-corrected chi connectivity index (χ2v) is 7.96. The molecule has 6 nitrogen and oxygen atoms in total. The molecule has 2 N–H and O–H groups in total. The number of alkyl halides is 3. The zero-order chi connectivity index (χ0) is 19.9. The first-order chi connectivity index (χ1) is 12.5. The van der Waals surface area contributed by atoms with Crippen molar-refractivity contribution in [1.82, 2.24) is 4.72 Å². The maximum Gasteiger partial charge on any atom is 0.416 e. The molecule has 0 saturated heterocycles. The third-order valence-electron chi connectivity index (χ3n) is 4.07. The molecular formula is C17H16F3NO5S. The van der Waals surface area contributed by atoms with Crippen LogP contribution in [0.5, 0.6) is 11.5 Å². The molecule has 2 aromatic rings. The fourth-order valence-electron chi connectivity index (χ4n) is 2.49. The Labute approximate surface area is 153 Å². The minimum absolute atomic E-state index is 0.0447. The van der Waals surface area contributed by atoms with Gasteiger partial charge in [-0.2, -0.15) is 13.2 Å². The number of hydrogen-bond donors (Lipinski definition) is 2. The lowest BCUT2D eigenvalue weighted by Crippen LogP contribution is -2.38. The molecule has 1 aliphatic heterocycles. The van der Waals surface area contributed by atoms with Crippen LogP contribution in [0.1, 0.15) is 18.1 Å². The lowest BCUT2D eigenvalue weighted by molar-refractivity contribution is -0.137. The van der Waals surface area contributed by atoms with Crippen LogP contribution in [0, 0.1) is 0 Å². The molecule has 1 atom stereocenters. The number of fused-ring (bicyclic) bond motifs is 1.